The second-order valence-corrected chi connectivity index (χ2v) is 16.2. The quantitative estimate of drug-likeness (QED) is 0.128. The maximum Gasteiger partial charge on any atom is 0.270 e. The molecule has 5 amide bonds. The zero-order chi connectivity index (χ0) is 40.5. The summed E-state index contributed by atoms with van der Waals surface area (Å²) in [5.74, 6) is -1.31. The van der Waals surface area contributed by atoms with E-state index >= 15 is 4.39 Å². The molecule has 2 aromatic carbocycles. The van der Waals surface area contributed by atoms with Crippen molar-refractivity contribution < 1.29 is 28.4 Å². The smallest absolute Gasteiger partial charge is 0.270 e. The van der Waals surface area contributed by atoms with Crippen LogP contribution in [0.3, 0.4) is 0 Å². The number of amides is 5. The predicted molar refractivity (Wildman–Crippen MR) is 215 cm³/mol. The summed E-state index contributed by atoms with van der Waals surface area (Å²) in [7, 11) is 3.51. The molecule has 1 aliphatic carbocycles. The van der Waals surface area contributed by atoms with Gasteiger partial charge in [0, 0.05) is 68.0 Å². The summed E-state index contributed by atoms with van der Waals surface area (Å²) in [6, 6.07) is 11.7. The predicted octanol–water partition coefficient (Wildman–Crippen LogP) is 5.28. The lowest BCUT2D eigenvalue weighted by atomic mass is 9.87. The van der Waals surface area contributed by atoms with Gasteiger partial charge in [-0.15, -0.1) is 0 Å². The molecular formula is C43H50FN9O5. The number of unbranched alkanes of at least 4 members (excludes halogenated alkanes) is 1. The van der Waals surface area contributed by atoms with Gasteiger partial charge < -0.3 is 29.9 Å². The summed E-state index contributed by atoms with van der Waals surface area (Å²) in [5, 5.41) is 9.41. The molecule has 3 fully saturated rings. The fourth-order valence-electron chi connectivity index (χ4n) is 8.98. The Morgan fingerprint density at radius 2 is 1.72 bits per heavy atom. The van der Waals surface area contributed by atoms with Gasteiger partial charge >= 0.3 is 0 Å². The van der Waals surface area contributed by atoms with Crippen LogP contribution in [0.25, 0.3) is 11.0 Å². The van der Waals surface area contributed by atoms with Gasteiger partial charge in [-0.2, -0.15) is 4.98 Å². The number of hydrogen-bond acceptors (Lipinski definition) is 9. The Morgan fingerprint density at radius 1 is 0.966 bits per heavy atom. The first-order valence-electron chi connectivity index (χ1n) is 20.5. The Labute approximate surface area is 336 Å². The van der Waals surface area contributed by atoms with Gasteiger partial charge in [-0.25, -0.2) is 9.37 Å². The number of fused-ring (bicyclic) bond motifs is 2. The summed E-state index contributed by atoms with van der Waals surface area (Å²) < 4.78 is 17.4. The fourth-order valence-corrected chi connectivity index (χ4v) is 8.98. The molecule has 0 bridgehead atoms. The first-order valence-corrected chi connectivity index (χ1v) is 20.5. The number of piperidine rings is 2. The summed E-state index contributed by atoms with van der Waals surface area (Å²) in [4.78, 5) is 77.8. The van der Waals surface area contributed by atoms with Crippen LogP contribution in [0, 0.1) is 5.82 Å². The summed E-state index contributed by atoms with van der Waals surface area (Å²) >= 11 is 0. The Balaban J connectivity index is 0.778. The molecule has 4 aliphatic rings. The van der Waals surface area contributed by atoms with Crippen LogP contribution in [0.5, 0.6) is 0 Å². The number of halogens is 1. The Hall–Kier alpha value is -5.70. The third-order valence-electron chi connectivity index (χ3n) is 12.1. The van der Waals surface area contributed by atoms with Crippen molar-refractivity contribution in [2.75, 3.05) is 45.6 Å². The first-order chi connectivity index (χ1) is 28.0. The van der Waals surface area contributed by atoms with E-state index in [1.807, 2.05) is 18.2 Å². The zero-order valence-corrected chi connectivity index (χ0v) is 33.1. The van der Waals surface area contributed by atoms with Crippen molar-refractivity contribution in [3.05, 3.63) is 82.4 Å². The van der Waals surface area contributed by atoms with Gasteiger partial charge in [0.1, 0.15) is 23.2 Å². The number of rotatable bonds is 12. The number of imide groups is 1. The van der Waals surface area contributed by atoms with Crippen molar-refractivity contribution >= 4 is 52.2 Å². The molecular weight excluding hydrogens is 742 g/mol. The molecule has 15 heteroatoms. The minimum absolute atomic E-state index is 0.0422. The van der Waals surface area contributed by atoms with E-state index in [9.17, 15) is 24.0 Å². The van der Waals surface area contributed by atoms with Crippen LogP contribution in [0.2, 0.25) is 0 Å². The van der Waals surface area contributed by atoms with E-state index in [-0.39, 0.29) is 60.8 Å². The molecule has 1 unspecified atom stereocenters. The summed E-state index contributed by atoms with van der Waals surface area (Å²) in [6.07, 6.45) is 9.81. The van der Waals surface area contributed by atoms with Gasteiger partial charge in [-0.1, -0.05) is 18.9 Å². The molecule has 1 saturated carbocycles. The van der Waals surface area contributed by atoms with Crippen LogP contribution in [0.1, 0.15) is 118 Å². The Morgan fingerprint density at radius 3 is 2.45 bits per heavy atom. The lowest BCUT2D eigenvalue weighted by Gasteiger charge is -2.32. The second-order valence-electron chi connectivity index (χ2n) is 16.2. The normalized spacial score (nSPS) is 19.1. The number of anilines is 2. The van der Waals surface area contributed by atoms with E-state index in [0.29, 0.717) is 34.9 Å². The largest absolute Gasteiger partial charge is 0.352 e. The van der Waals surface area contributed by atoms with E-state index in [4.69, 9.17) is 4.98 Å². The van der Waals surface area contributed by atoms with E-state index in [2.05, 4.69) is 30.4 Å². The number of carbonyl (C=O) groups is 5. The topological polar surface area (TPSA) is 162 Å². The van der Waals surface area contributed by atoms with Crippen molar-refractivity contribution in [1.82, 2.24) is 39.9 Å². The fraction of sp³-hybridized carbons (Fsp3) is 0.465. The third kappa shape index (κ3) is 8.04. The van der Waals surface area contributed by atoms with Crippen molar-refractivity contribution in [2.45, 2.75) is 88.8 Å². The monoisotopic (exact) mass is 791 g/mol. The van der Waals surface area contributed by atoms with Crippen LogP contribution >= 0.6 is 0 Å². The molecule has 58 heavy (non-hydrogen) atoms. The lowest BCUT2D eigenvalue weighted by Crippen LogP contribution is -2.52. The standard InChI is InChI=1S/C43H50FN9O5/c1-50(2)42(58)36-22-28-24-46-43(49-38(28)53(36)31-7-3-4-8-31)47-30-11-9-27(10-12-30)39(55)45-17-5-6-18-51-19-15-26(16-20-51)32-21-29-25-52(41(57)33(29)23-34(32)44)35-13-14-37(54)48-40(35)56/h9-12,21-24,26,31,35H,3-8,13-20,25H2,1-2H3,(H,45,55)(H,46,47,49)(H,48,54,56). The van der Waals surface area contributed by atoms with Gasteiger partial charge in [-0.3, -0.25) is 29.3 Å². The molecule has 2 aromatic heterocycles. The highest BCUT2D eigenvalue weighted by atomic mass is 19.1. The molecule has 0 radical (unpaired) electrons. The average molecular weight is 792 g/mol. The molecule has 1 atom stereocenters. The molecule has 304 valence electrons. The van der Waals surface area contributed by atoms with Gasteiger partial charge in [0.2, 0.25) is 17.8 Å². The van der Waals surface area contributed by atoms with E-state index in [1.54, 1.807) is 43.4 Å². The highest BCUT2D eigenvalue weighted by Crippen LogP contribution is 2.37. The number of carbonyl (C=O) groups excluding carboxylic acids is 5. The van der Waals surface area contributed by atoms with E-state index in [0.717, 1.165) is 93.3 Å². The van der Waals surface area contributed by atoms with E-state index in [1.165, 1.54) is 11.0 Å². The number of aromatic nitrogens is 3. The molecule has 0 spiro atoms. The number of benzene rings is 2. The van der Waals surface area contributed by atoms with Crippen LogP contribution in [-0.2, 0) is 16.1 Å². The Kier molecular flexibility index (Phi) is 11.2. The highest BCUT2D eigenvalue weighted by molar-refractivity contribution is 6.05. The van der Waals surface area contributed by atoms with Crippen LogP contribution in [0.4, 0.5) is 16.0 Å². The lowest BCUT2D eigenvalue weighted by molar-refractivity contribution is -0.136. The van der Waals surface area contributed by atoms with Gasteiger partial charge in [0.05, 0.1) is 0 Å². The van der Waals surface area contributed by atoms with Crippen molar-refractivity contribution in [3.63, 3.8) is 0 Å². The molecule has 5 heterocycles. The number of likely N-dealkylation sites (tertiary alicyclic amines) is 1. The number of nitrogens with one attached hydrogen (secondary N) is 3. The average Bonchev–Trinajstić information content (AvgIpc) is 3.95. The molecule has 3 N–H and O–H groups in total. The van der Waals surface area contributed by atoms with Crippen LogP contribution < -0.4 is 16.0 Å². The molecule has 8 rings (SSSR count). The minimum atomic E-state index is -0.725. The van der Waals surface area contributed by atoms with E-state index < -0.39 is 11.9 Å². The highest BCUT2D eigenvalue weighted by Gasteiger charge is 2.40. The van der Waals surface area contributed by atoms with Crippen molar-refractivity contribution in [3.8, 4) is 0 Å². The Bertz CT molecular complexity index is 2240. The number of hydrogen-bond donors (Lipinski definition) is 3. The third-order valence-corrected chi connectivity index (χ3v) is 12.1. The molecule has 2 saturated heterocycles. The van der Waals surface area contributed by atoms with Crippen LogP contribution in [0.15, 0.2) is 48.7 Å². The maximum absolute atomic E-state index is 15.4. The summed E-state index contributed by atoms with van der Waals surface area (Å²) in [5.41, 5.74) is 4.31. The van der Waals surface area contributed by atoms with Crippen molar-refractivity contribution in [2.24, 2.45) is 0 Å². The van der Waals surface area contributed by atoms with Crippen molar-refractivity contribution in [1.29, 1.82) is 0 Å². The SMILES string of the molecule is CN(C)C(=O)c1cc2cnc(Nc3ccc(C(=O)NCCCCN4CCC(c5cc6c(cc5F)C(=O)N(C5CCC(=O)NC5=O)C6)CC4)cc3)nc2n1C1CCCC1. The molecule has 4 aromatic rings. The first kappa shape index (κ1) is 39.1. The number of nitrogens with zero attached hydrogens (tertiary/aromatic N) is 6. The maximum atomic E-state index is 15.4. The van der Waals surface area contributed by atoms with Crippen LogP contribution in [-0.4, -0.2) is 105 Å². The minimum Gasteiger partial charge on any atom is -0.352 e. The van der Waals surface area contributed by atoms with Gasteiger partial charge in [0.15, 0.2) is 0 Å². The van der Waals surface area contributed by atoms with Gasteiger partial charge in [-0.05, 0) is 118 Å². The second kappa shape index (κ2) is 16.6. The summed E-state index contributed by atoms with van der Waals surface area (Å²) in [6.45, 7) is 3.34. The molecule has 3 aliphatic heterocycles. The molecule has 14 nitrogen and oxygen atoms in total. The van der Waals surface area contributed by atoms with Gasteiger partial charge in [0.25, 0.3) is 17.7 Å². The zero-order valence-electron chi connectivity index (χ0n) is 33.1.